The quantitative estimate of drug-likeness (QED) is 0.601. The smallest absolute Gasteiger partial charge is 0.317 e. The van der Waals surface area contributed by atoms with Crippen molar-refractivity contribution in [1.29, 1.82) is 0 Å². The topological polar surface area (TPSA) is 99.2 Å². The van der Waals surface area contributed by atoms with Crippen LogP contribution < -0.4 is 5.32 Å². The van der Waals surface area contributed by atoms with Gasteiger partial charge in [-0.15, -0.1) is 0 Å². The molecule has 0 bridgehead atoms. The number of amides is 2. The van der Waals surface area contributed by atoms with Crippen molar-refractivity contribution in [3.8, 4) is 0 Å². The second kappa shape index (κ2) is 10.2. The van der Waals surface area contributed by atoms with E-state index in [0.717, 1.165) is 6.42 Å². The summed E-state index contributed by atoms with van der Waals surface area (Å²) in [5, 5.41) is 11.4. The molecular formula is C16H29N3O5. The zero-order chi connectivity index (χ0) is 18.1. The maximum absolute atomic E-state index is 12.2. The molecule has 1 unspecified atom stereocenters. The maximum atomic E-state index is 12.2. The summed E-state index contributed by atoms with van der Waals surface area (Å²) in [6.07, 6.45) is 1.01. The number of nitrogens with one attached hydrogen (secondary N) is 1. The van der Waals surface area contributed by atoms with Gasteiger partial charge in [0.15, 0.2) is 0 Å². The van der Waals surface area contributed by atoms with Crippen LogP contribution in [0.3, 0.4) is 0 Å². The molecule has 138 valence electrons. The molecular weight excluding hydrogens is 314 g/mol. The molecule has 0 radical (unpaired) electrons. The third-order valence-electron chi connectivity index (χ3n) is 3.80. The first-order valence-electron chi connectivity index (χ1n) is 8.34. The highest BCUT2D eigenvalue weighted by Crippen LogP contribution is 2.07. The monoisotopic (exact) mass is 343 g/mol. The first-order valence-corrected chi connectivity index (χ1v) is 8.34. The number of ether oxygens (including phenoxy) is 1. The van der Waals surface area contributed by atoms with E-state index < -0.39 is 5.97 Å². The molecule has 8 heteroatoms. The average Bonchev–Trinajstić information content (AvgIpc) is 2.49. The van der Waals surface area contributed by atoms with Crippen molar-refractivity contribution >= 4 is 17.8 Å². The van der Waals surface area contributed by atoms with Crippen LogP contribution in [0.15, 0.2) is 0 Å². The predicted molar refractivity (Wildman–Crippen MR) is 88.5 cm³/mol. The molecule has 0 spiro atoms. The Morgan fingerprint density at radius 1 is 1.38 bits per heavy atom. The van der Waals surface area contributed by atoms with Crippen molar-refractivity contribution in [2.45, 2.75) is 32.8 Å². The maximum Gasteiger partial charge on any atom is 0.317 e. The Morgan fingerprint density at radius 2 is 2.08 bits per heavy atom. The third-order valence-corrected chi connectivity index (χ3v) is 3.80. The minimum absolute atomic E-state index is 0.00534. The van der Waals surface area contributed by atoms with Crippen LogP contribution in [-0.2, 0) is 19.1 Å². The van der Waals surface area contributed by atoms with Crippen LogP contribution >= 0.6 is 0 Å². The van der Waals surface area contributed by atoms with Crippen molar-refractivity contribution in [3.05, 3.63) is 0 Å². The van der Waals surface area contributed by atoms with E-state index in [0.29, 0.717) is 38.6 Å². The molecule has 0 aromatic heterocycles. The van der Waals surface area contributed by atoms with E-state index in [2.05, 4.69) is 5.32 Å². The van der Waals surface area contributed by atoms with Gasteiger partial charge in [0.1, 0.15) is 0 Å². The van der Waals surface area contributed by atoms with Gasteiger partial charge in [0.25, 0.3) is 0 Å². The van der Waals surface area contributed by atoms with Crippen LogP contribution in [0.2, 0.25) is 0 Å². The van der Waals surface area contributed by atoms with Gasteiger partial charge < -0.3 is 20.1 Å². The number of rotatable bonds is 9. The molecule has 24 heavy (non-hydrogen) atoms. The van der Waals surface area contributed by atoms with Crippen LogP contribution in [0.4, 0.5) is 0 Å². The lowest BCUT2D eigenvalue weighted by molar-refractivity contribution is -0.142. The molecule has 8 nitrogen and oxygen atoms in total. The van der Waals surface area contributed by atoms with E-state index in [1.165, 1.54) is 0 Å². The van der Waals surface area contributed by atoms with Gasteiger partial charge in [-0.05, 0) is 19.4 Å². The highest BCUT2D eigenvalue weighted by Gasteiger charge is 2.25. The van der Waals surface area contributed by atoms with Crippen LogP contribution in [0.25, 0.3) is 0 Å². The van der Waals surface area contributed by atoms with E-state index in [-0.39, 0.29) is 31.0 Å². The Hall–Kier alpha value is -1.67. The summed E-state index contributed by atoms with van der Waals surface area (Å²) in [6, 6.07) is 0. The van der Waals surface area contributed by atoms with Gasteiger partial charge in [0.2, 0.25) is 11.8 Å². The van der Waals surface area contributed by atoms with Crippen LogP contribution in [0.5, 0.6) is 0 Å². The lowest BCUT2D eigenvalue weighted by Crippen LogP contribution is -2.51. The minimum atomic E-state index is -0.898. The first-order chi connectivity index (χ1) is 11.3. The van der Waals surface area contributed by atoms with Crippen LogP contribution in [0.1, 0.15) is 26.7 Å². The van der Waals surface area contributed by atoms with E-state index in [4.69, 9.17) is 9.84 Å². The van der Waals surface area contributed by atoms with Crippen LogP contribution in [0, 0.1) is 5.92 Å². The number of aliphatic carboxylic acids is 1. The molecule has 2 amide bonds. The summed E-state index contributed by atoms with van der Waals surface area (Å²) in [5.41, 5.74) is 0. The SMILES string of the molecule is CC(C)CCC(=O)NCC(=O)N1CCOC(CN(C)CC(=O)O)C1. The van der Waals surface area contributed by atoms with Gasteiger partial charge in [-0.25, -0.2) is 0 Å². The standard InChI is InChI=1S/C16H29N3O5/c1-12(2)4-5-14(20)17-8-15(21)19-6-7-24-13(10-19)9-18(3)11-16(22)23/h12-13H,4-11H2,1-3H3,(H,17,20)(H,22,23). The second-order valence-corrected chi connectivity index (χ2v) is 6.63. The van der Waals surface area contributed by atoms with E-state index >= 15 is 0 Å². The number of carboxylic acid groups (broad SMARTS) is 1. The predicted octanol–water partition coefficient (Wildman–Crippen LogP) is -0.217. The number of nitrogens with zero attached hydrogens (tertiary/aromatic N) is 2. The molecule has 1 atom stereocenters. The fourth-order valence-corrected chi connectivity index (χ4v) is 2.49. The van der Waals surface area contributed by atoms with Gasteiger partial charge in [-0.1, -0.05) is 13.8 Å². The molecule has 2 N–H and O–H groups in total. The third kappa shape index (κ3) is 8.26. The minimum Gasteiger partial charge on any atom is -0.480 e. The van der Waals surface area contributed by atoms with E-state index in [9.17, 15) is 14.4 Å². The summed E-state index contributed by atoms with van der Waals surface area (Å²) in [6.45, 7) is 5.77. The number of carbonyl (C=O) groups excluding carboxylic acids is 2. The Kier molecular flexibility index (Phi) is 8.70. The Morgan fingerprint density at radius 3 is 2.71 bits per heavy atom. The molecule has 1 rings (SSSR count). The van der Waals surface area contributed by atoms with Gasteiger partial charge in [-0.2, -0.15) is 0 Å². The zero-order valence-corrected chi connectivity index (χ0v) is 14.8. The van der Waals surface area contributed by atoms with Crippen molar-refractivity contribution in [2.24, 2.45) is 5.92 Å². The summed E-state index contributed by atoms with van der Waals surface area (Å²) in [7, 11) is 1.70. The fourth-order valence-electron chi connectivity index (χ4n) is 2.49. The Balaban J connectivity index is 2.34. The number of carboxylic acids is 1. The fraction of sp³-hybridized carbons (Fsp3) is 0.812. The van der Waals surface area contributed by atoms with Crippen LogP contribution in [-0.4, -0.2) is 85.2 Å². The van der Waals surface area contributed by atoms with Crippen molar-refractivity contribution in [3.63, 3.8) is 0 Å². The molecule has 1 saturated heterocycles. The largest absolute Gasteiger partial charge is 0.480 e. The van der Waals surface area contributed by atoms with Crippen molar-refractivity contribution < 1.29 is 24.2 Å². The van der Waals surface area contributed by atoms with Crippen molar-refractivity contribution in [1.82, 2.24) is 15.1 Å². The lowest BCUT2D eigenvalue weighted by atomic mass is 10.1. The second-order valence-electron chi connectivity index (χ2n) is 6.63. The average molecular weight is 343 g/mol. The highest BCUT2D eigenvalue weighted by molar-refractivity contribution is 5.84. The Labute approximate surface area is 143 Å². The number of likely N-dealkylation sites (N-methyl/N-ethyl adjacent to an activating group) is 1. The molecule has 0 aromatic rings. The normalized spacial score (nSPS) is 18.0. The zero-order valence-electron chi connectivity index (χ0n) is 14.8. The molecule has 1 aliphatic heterocycles. The summed E-state index contributed by atoms with van der Waals surface area (Å²) < 4.78 is 5.59. The number of morpholine rings is 1. The number of hydrogen-bond acceptors (Lipinski definition) is 5. The molecule has 1 aliphatic rings. The van der Waals surface area contributed by atoms with Gasteiger partial charge in [-0.3, -0.25) is 19.3 Å². The summed E-state index contributed by atoms with van der Waals surface area (Å²) in [5.74, 6) is -0.690. The van der Waals surface area contributed by atoms with E-state index in [1.54, 1.807) is 16.8 Å². The lowest BCUT2D eigenvalue weighted by Gasteiger charge is -2.34. The van der Waals surface area contributed by atoms with Gasteiger partial charge in [0.05, 0.1) is 25.8 Å². The molecule has 1 fully saturated rings. The van der Waals surface area contributed by atoms with Crippen molar-refractivity contribution in [2.75, 3.05) is 46.4 Å². The van der Waals surface area contributed by atoms with Gasteiger partial charge >= 0.3 is 5.97 Å². The molecule has 0 saturated carbocycles. The Bertz CT molecular complexity index is 441. The van der Waals surface area contributed by atoms with E-state index in [1.807, 2.05) is 13.8 Å². The molecule has 1 heterocycles. The molecule has 0 aliphatic carbocycles. The summed E-state index contributed by atoms with van der Waals surface area (Å²) in [4.78, 5) is 37.9. The highest BCUT2D eigenvalue weighted by atomic mass is 16.5. The number of hydrogen-bond donors (Lipinski definition) is 2. The first kappa shape index (κ1) is 20.4. The number of carbonyl (C=O) groups is 3. The molecule has 0 aromatic carbocycles. The summed E-state index contributed by atoms with van der Waals surface area (Å²) >= 11 is 0. The van der Waals surface area contributed by atoms with Gasteiger partial charge in [0, 0.05) is 26.1 Å².